The molecule has 0 saturated carbocycles. The van der Waals surface area contributed by atoms with Gasteiger partial charge in [-0.3, -0.25) is 14.4 Å². The highest BCUT2D eigenvalue weighted by Gasteiger charge is 2.29. The van der Waals surface area contributed by atoms with Gasteiger partial charge in [0.2, 0.25) is 5.91 Å². The minimum Gasteiger partial charge on any atom is -0.325 e. The molecule has 0 unspecified atom stereocenters. The van der Waals surface area contributed by atoms with Gasteiger partial charge in [-0.2, -0.15) is 0 Å². The largest absolute Gasteiger partial charge is 0.325 e. The molecule has 0 saturated heterocycles. The van der Waals surface area contributed by atoms with Gasteiger partial charge in [0, 0.05) is 33.7 Å². The van der Waals surface area contributed by atoms with Crippen molar-refractivity contribution in [3.8, 4) is 0 Å². The molecule has 1 aliphatic rings. The lowest BCUT2D eigenvalue weighted by Gasteiger charge is -2.18. The molecule has 0 aromatic heterocycles. The van der Waals surface area contributed by atoms with Crippen LogP contribution in [0.3, 0.4) is 0 Å². The summed E-state index contributed by atoms with van der Waals surface area (Å²) < 4.78 is 0. The van der Waals surface area contributed by atoms with E-state index in [1.807, 2.05) is 30.3 Å². The molecule has 3 aromatic carbocycles. The van der Waals surface area contributed by atoms with E-state index in [-0.39, 0.29) is 17.5 Å². The van der Waals surface area contributed by atoms with Crippen molar-refractivity contribution in [3.05, 3.63) is 101 Å². The molecule has 28 heavy (non-hydrogen) atoms. The van der Waals surface area contributed by atoms with Gasteiger partial charge in [0.05, 0.1) is 5.75 Å². The molecule has 0 fully saturated rings. The van der Waals surface area contributed by atoms with Crippen LogP contribution in [-0.4, -0.2) is 23.2 Å². The Balaban J connectivity index is 1.45. The van der Waals surface area contributed by atoms with Crippen LogP contribution >= 0.6 is 11.8 Å². The molecule has 3 aromatic rings. The molecule has 4 rings (SSSR count). The van der Waals surface area contributed by atoms with E-state index in [9.17, 15) is 14.4 Å². The van der Waals surface area contributed by atoms with E-state index in [4.69, 9.17) is 0 Å². The van der Waals surface area contributed by atoms with E-state index >= 15 is 0 Å². The second-order valence-electron chi connectivity index (χ2n) is 6.49. The first-order valence-electron chi connectivity index (χ1n) is 8.87. The van der Waals surface area contributed by atoms with Gasteiger partial charge in [0.25, 0.3) is 0 Å². The van der Waals surface area contributed by atoms with Gasteiger partial charge >= 0.3 is 0 Å². The Bertz CT molecular complexity index is 1080. The summed E-state index contributed by atoms with van der Waals surface area (Å²) in [5.74, 6) is 0.557. The third kappa shape index (κ3) is 3.62. The van der Waals surface area contributed by atoms with Gasteiger partial charge in [-0.1, -0.05) is 54.6 Å². The number of carbonyl (C=O) groups excluding carboxylic acids is 3. The molecule has 1 N–H and O–H groups in total. The third-order valence-electron chi connectivity index (χ3n) is 4.55. The standard InChI is InChI=1S/C23H17NO3S/c25-21(14-28-13-15-6-2-1-3-7-15)24-16-10-11-19-20(12-16)23(27)18-9-5-4-8-17(18)22(19)26/h1-12H,13-14H2,(H,24,25). The van der Waals surface area contributed by atoms with E-state index < -0.39 is 0 Å². The Morgan fingerprint density at radius 2 is 1.36 bits per heavy atom. The molecule has 0 atom stereocenters. The number of carbonyl (C=O) groups is 3. The monoisotopic (exact) mass is 387 g/mol. The first-order chi connectivity index (χ1) is 13.6. The van der Waals surface area contributed by atoms with E-state index in [1.54, 1.807) is 42.5 Å². The summed E-state index contributed by atoms with van der Waals surface area (Å²) in [5.41, 5.74) is 3.22. The first-order valence-corrected chi connectivity index (χ1v) is 10.0. The topological polar surface area (TPSA) is 63.2 Å². The minimum atomic E-state index is -0.195. The quantitative estimate of drug-likeness (QED) is 0.553. The predicted octanol–water partition coefficient (Wildman–Crippen LogP) is 4.33. The van der Waals surface area contributed by atoms with Crippen LogP contribution in [0.5, 0.6) is 0 Å². The van der Waals surface area contributed by atoms with Crippen LogP contribution < -0.4 is 5.32 Å². The van der Waals surface area contributed by atoms with Crippen molar-refractivity contribution in [1.29, 1.82) is 0 Å². The highest BCUT2D eigenvalue weighted by Crippen LogP contribution is 2.29. The van der Waals surface area contributed by atoms with Gasteiger partial charge in [-0.15, -0.1) is 11.8 Å². The summed E-state index contributed by atoms with van der Waals surface area (Å²) in [6.45, 7) is 0. The highest BCUT2D eigenvalue weighted by atomic mass is 32.2. The Morgan fingerprint density at radius 1 is 0.750 bits per heavy atom. The van der Waals surface area contributed by atoms with Crippen molar-refractivity contribution in [1.82, 2.24) is 0 Å². The van der Waals surface area contributed by atoms with Crippen molar-refractivity contribution in [2.45, 2.75) is 5.75 Å². The predicted molar refractivity (Wildman–Crippen MR) is 111 cm³/mol. The number of amides is 1. The number of rotatable bonds is 5. The average Bonchev–Trinajstić information content (AvgIpc) is 2.73. The molecule has 0 bridgehead atoms. The van der Waals surface area contributed by atoms with Crippen molar-refractivity contribution < 1.29 is 14.4 Å². The number of hydrogen-bond donors (Lipinski definition) is 1. The second-order valence-corrected chi connectivity index (χ2v) is 7.48. The minimum absolute atomic E-state index is 0.143. The summed E-state index contributed by atoms with van der Waals surface area (Å²) >= 11 is 1.52. The summed E-state index contributed by atoms with van der Waals surface area (Å²) in [5, 5.41) is 2.81. The fraction of sp³-hybridized carbons (Fsp3) is 0.0870. The summed E-state index contributed by atoms with van der Waals surface area (Å²) in [4.78, 5) is 37.6. The van der Waals surface area contributed by atoms with Gasteiger partial charge in [-0.05, 0) is 23.8 Å². The van der Waals surface area contributed by atoms with E-state index in [0.717, 1.165) is 11.3 Å². The maximum atomic E-state index is 12.8. The van der Waals surface area contributed by atoms with Crippen molar-refractivity contribution >= 4 is 34.9 Å². The molecule has 0 heterocycles. The molecule has 5 heteroatoms. The van der Waals surface area contributed by atoms with Crippen LogP contribution in [0, 0.1) is 0 Å². The summed E-state index contributed by atoms with van der Waals surface area (Å²) in [6.07, 6.45) is 0. The fourth-order valence-corrected chi connectivity index (χ4v) is 4.00. The molecule has 0 spiro atoms. The molecule has 1 aliphatic carbocycles. The van der Waals surface area contributed by atoms with Crippen LogP contribution in [0.1, 0.15) is 37.4 Å². The van der Waals surface area contributed by atoms with Crippen molar-refractivity contribution in [2.24, 2.45) is 0 Å². The molecule has 138 valence electrons. The van der Waals surface area contributed by atoms with Crippen molar-refractivity contribution in [2.75, 3.05) is 11.1 Å². The van der Waals surface area contributed by atoms with Gasteiger partial charge in [0.1, 0.15) is 0 Å². The molecular formula is C23H17NO3S. The number of anilines is 1. The zero-order valence-corrected chi connectivity index (χ0v) is 15.8. The van der Waals surface area contributed by atoms with Gasteiger partial charge in [0.15, 0.2) is 11.6 Å². The summed E-state index contributed by atoms with van der Waals surface area (Å²) in [7, 11) is 0. The SMILES string of the molecule is O=C(CSCc1ccccc1)Nc1ccc2c(c1)C(=O)c1ccccc1C2=O. The average molecular weight is 387 g/mol. The molecule has 0 radical (unpaired) electrons. The maximum Gasteiger partial charge on any atom is 0.234 e. The summed E-state index contributed by atoms with van der Waals surface area (Å²) in [6, 6.07) is 21.6. The molecule has 1 amide bonds. The van der Waals surface area contributed by atoms with Crippen LogP contribution in [0.2, 0.25) is 0 Å². The highest BCUT2D eigenvalue weighted by molar-refractivity contribution is 7.99. The number of ketones is 2. The lowest BCUT2D eigenvalue weighted by molar-refractivity contribution is -0.113. The Labute approximate surface area is 167 Å². The van der Waals surface area contributed by atoms with Gasteiger partial charge < -0.3 is 5.32 Å². The van der Waals surface area contributed by atoms with Crippen molar-refractivity contribution in [3.63, 3.8) is 0 Å². The van der Waals surface area contributed by atoms with E-state index in [1.165, 1.54) is 11.8 Å². The second kappa shape index (κ2) is 7.82. The Hall–Kier alpha value is -3.18. The number of hydrogen-bond acceptors (Lipinski definition) is 4. The van der Waals surface area contributed by atoms with Crippen LogP contribution in [0.4, 0.5) is 5.69 Å². The first kappa shape index (κ1) is 18.2. The lowest BCUT2D eigenvalue weighted by Crippen LogP contribution is -2.21. The number of fused-ring (bicyclic) bond motifs is 2. The lowest BCUT2D eigenvalue weighted by atomic mass is 9.84. The fourth-order valence-electron chi connectivity index (χ4n) is 3.21. The van der Waals surface area contributed by atoms with E-state index in [2.05, 4.69) is 5.32 Å². The molecule has 4 nitrogen and oxygen atoms in total. The maximum absolute atomic E-state index is 12.8. The third-order valence-corrected chi connectivity index (χ3v) is 5.56. The number of thioether (sulfide) groups is 1. The number of benzene rings is 3. The van der Waals surface area contributed by atoms with Crippen LogP contribution in [-0.2, 0) is 10.5 Å². The van der Waals surface area contributed by atoms with Crippen LogP contribution in [0.15, 0.2) is 72.8 Å². The zero-order chi connectivity index (χ0) is 19.5. The zero-order valence-electron chi connectivity index (χ0n) is 15.0. The molecule has 0 aliphatic heterocycles. The van der Waals surface area contributed by atoms with E-state index in [0.29, 0.717) is 33.7 Å². The Morgan fingerprint density at radius 3 is 2.07 bits per heavy atom. The van der Waals surface area contributed by atoms with Crippen LogP contribution in [0.25, 0.3) is 0 Å². The van der Waals surface area contributed by atoms with Gasteiger partial charge in [-0.25, -0.2) is 0 Å². The molecular weight excluding hydrogens is 370 g/mol. The Kier molecular flexibility index (Phi) is 5.08. The normalized spacial score (nSPS) is 12.3. The smallest absolute Gasteiger partial charge is 0.234 e. The number of nitrogens with one attached hydrogen (secondary N) is 1.